The normalized spacial score (nSPS) is 18.4. The third kappa shape index (κ3) is 4.64. The molecule has 0 radical (unpaired) electrons. The molecule has 2 aliphatic rings. The number of nitrogens with zero attached hydrogens (tertiary/aromatic N) is 1. The number of carbonyl (C=O) groups is 1. The van der Waals surface area contributed by atoms with Gasteiger partial charge in [-0.25, -0.2) is 4.79 Å². The first-order valence-corrected chi connectivity index (χ1v) is 10.8. The largest absolute Gasteiger partial charge is 0.444 e. The lowest BCUT2D eigenvalue weighted by Gasteiger charge is -2.39. The van der Waals surface area contributed by atoms with E-state index >= 15 is 0 Å². The van der Waals surface area contributed by atoms with E-state index in [4.69, 9.17) is 4.74 Å². The molecule has 1 aliphatic heterocycles. The molecule has 2 aromatic carbocycles. The molecule has 1 heterocycles. The molecule has 4 rings (SSSR count). The van der Waals surface area contributed by atoms with Crippen LogP contribution in [0.5, 0.6) is 0 Å². The van der Waals surface area contributed by atoms with Gasteiger partial charge in [0.15, 0.2) is 0 Å². The van der Waals surface area contributed by atoms with E-state index in [1.165, 1.54) is 22.3 Å². The predicted octanol–water partition coefficient (Wildman–Crippen LogP) is 4.86. The van der Waals surface area contributed by atoms with Gasteiger partial charge < -0.3 is 10.1 Å². The third-order valence-electron chi connectivity index (χ3n) is 5.98. The molecule has 154 valence electrons. The van der Waals surface area contributed by atoms with Crippen LogP contribution in [0.2, 0.25) is 0 Å². The van der Waals surface area contributed by atoms with E-state index < -0.39 is 5.60 Å². The minimum Gasteiger partial charge on any atom is -0.444 e. The van der Waals surface area contributed by atoms with Gasteiger partial charge in [0.2, 0.25) is 0 Å². The minimum absolute atomic E-state index is 0.178. The van der Waals surface area contributed by atoms with E-state index in [0.29, 0.717) is 6.04 Å². The molecule has 1 amide bonds. The van der Waals surface area contributed by atoms with Crippen LogP contribution in [0.15, 0.2) is 48.5 Å². The van der Waals surface area contributed by atoms with Gasteiger partial charge in [-0.1, -0.05) is 48.5 Å². The van der Waals surface area contributed by atoms with Gasteiger partial charge in [-0.05, 0) is 68.7 Å². The molecule has 1 saturated heterocycles. The summed E-state index contributed by atoms with van der Waals surface area (Å²) in [5, 5.41) is 3.06. The number of ether oxygens (including phenoxy) is 1. The van der Waals surface area contributed by atoms with Gasteiger partial charge in [0.05, 0.1) is 6.04 Å². The zero-order valence-corrected chi connectivity index (χ0v) is 17.8. The number of hydrogen-bond acceptors (Lipinski definition) is 3. The fraction of sp³-hybridized carbons (Fsp3) is 0.480. The second kappa shape index (κ2) is 8.19. The maximum absolute atomic E-state index is 12.1. The Kier molecular flexibility index (Phi) is 5.64. The number of carbonyl (C=O) groups excluding carboxylic acids is 1. The number of likely N-dealkylation sites (tertiary alicyclic amines) is 1. The molecule has 1 N–H and O–H groups in total. The SMILES string of the molecule is CC(C)(C)OC(=O)NC1CCN(C2c3ccccc3CCc3ccccc32)CC1. The first kappa shape index (κ1) is 20.0. The van der Waals surface area contributed by atoms with Crippen LogP contribution >= 0.6 is 0 Å². The van der Waals surface area contributed by atoms with Crippen molar-refractivity contribution < 1.29 is 9.53 Å². The Hall–Kier alpha value is -2.33. The van der Waals surface area contributed by atoms with Crippen LogP contribution in [0.3, 0.4) is 0 Å². The molecule has 1 aliphatic carbocycles. The fourth-order valence-electron chi connectivity index (χ4n) is 4.66. The van der Waals surface area contributed by atoms with E-state index in [2.05, 4.69) is 58.7 Å². The summed E-state index contributed by atoms with van der Waals surface area (Å²) in [5.74, 6) is 0. The number of hydrogen-bond donors (Lipinski definition) is 1. The zero-order valence-electron chi connectivity index (χ0n) is 17.8. The number of fused-ring (bicyclic) bond motifs is 2. The lowest BCUT2D eigenvalue weighted by atomic mass is 9.91. The lowest BCUT2D eigenvalue weighted by Crippen LogP contribution is -2.47. The van der Waals surface area contributed by atoms with Crippen molar-refractivity contribution >= 4 is 6.09 Å². The molecule has 2 aromatic rings. The lowest BCUT2D eigenvalue weighted by molar-refractivity contribution is 0.0472. The molecule has 29 heavy (non-hydrogen) atoms. The quantitative estimate of drug-likeness (QED) is 0.793. The van der Waals surface area contributed by atoms with Gasteiger partial charge in [-0.15, -0.1) is 0 Å². The van der Waals surface area contributed by atoms with Crippen molar-refractivity contribution in [2.45, 2.75) is 64.1 Å². The molecule has 4 heteroatoms. The molecule has 0 saturated carbocycles. The van der Waals surface area contributed by atoms with Gasteiger partial charge in [-0.3, -0.25) is 4.90 Å². The van der Waals surface area contributed by atoms with Crippen molar-refractivity contribution in [3.05, 3.63) is 70.8 Å². The van der Waals surface area contributed by atoms with Crippen LogP contribution in [0.25, 0.3) is 0 Å². The average molecular weight is 393 g/mol. The van der Waals surface area contributed by atoms with Crippen LogP contribution in [0, 0.1) is 0 Å². The molecular weight excluding hydrogens is 360 g/mol. The number of amides is 1. The fourth-order valence-corrected chi connectivity index (χ4v) is 4.66. The Morgan fingerprint density at radius 3 is 1.97 bits per heavy atom. The number of alkyl carbamates (subject to hydrolysis) is 1. The molecule has 0 atom stereocenters. The number of benzene rings is 2. The summed E-state index contributed by atoms with van der Waals surface area (Å²) in [5.41, 5.74) is 5.34. The van der Waals surface area contributed by atoms with E-state index in [1.807, 2.05) is 20.8 Å². The first-order valence-electron chi connectivity index (χ1n) is 10.8. The monoisotopic (exact) mass is 392 g/mol. The molecular formula is C25H32N2O2. The van der Waals surface area contributed by atoms with Crippen molar-refractivity contribution in [3.63, 3.8) is 0 Å². The van der Waals surface area contributed by atoms with Crippen molar-refractivity contribution in [3.8, 4) is 0 Å². The zero-order chi connectivity index (χ0) is 20.4. The topological polar surface area (TPSA) is 41.6 Å². The Morgan fingerprint density at radius 2 is 1.45 bits per heavy atom. The van der Waals surface area contributed by atoms with Crippen LogP contribution in [0.1, 0.15) is 61.9 Å². The summed E-state index contributed by atoms with van der Waals surface area (Å²) >= 11 is 0. The second-order valence-corrected chi connectivity index (χ2v) is 9.26. The van der Waals surface area contributed by atoms with E-state index in [-0.39, 0.29) is 12.1 Å². The Balaban J connectivity index is 1.50. The van der Waals surface area contributed by atoms with Crippen LogP contribution < -0.4 is 5.32 Å². The maximum atomic E-state index is 12.1. The van der Waals surface area contributed by atoms with Gasteiger partial charge in [0, 0.05) is 19.1 Å². The number of nitrogens with one attached hydrogen (secondary N) is 1. The Bertz CT molecular complexity index is 816. The van der Waals surface area contributed by atoms with E-state index in [9.17, 15) is 4.79 Å². The summed E-state index contributed by atoms with van der Waals surface area (Å²) in [4.78, 5) is 14.7. The van der Waals surface area contributed by atoms with Crippen molar-refractivity contribution in [1.82, 2.24) is 10.2 Å². The Labute approximate surface area is 174 Å². The molecule has 0 bridgehead atoms. The Morgan fingerprint density at radius 1 is 0.931 bits per heavy atom. The third-order valence-corrected chi connectivity index (χ3v) is 5.98. The molecule has 1 fully saturated rings. The van der Waals surface area contributed by atoms with Gasteiger partial charge in [-0.2, -0.15) is 0 Å². The number of rotatable bonds is 2. The standard InChI is InChI=1S/C25H32N2O2/c1-25(2,3)29-24(28)26-20-14-16-27(17-15-20)23-21-10-6-4-8-18(21)12-13-19-9-5-7-11-22(19)23/h4-11,20,23H,12-17H2,1-3H3,(H,26,28). The highest BCUT2D eigenvalue weighted by Gasteiger charge is 2.32. The van der Waals surface area contributed by atoms with E-state index in [0.717, 1.165) is 38.8 Å². The van der Waals surface area contributed by atoms with E-state index in [1.54, 1.807) is 0 Å². The summed E-state index contributed by atoms with van der Waals surface area (Å²) in [6.07, 6.45) is 3.78. The van der Waals surface area contributed by atoms with Crippen molar-refractivity contribution in [2.75, 3.05) is 13.1 Å². The highest BCUT2D eigenvalue weighted by atomic mass is 16.6. The van der Waals surface area contributed by atoms with Crippen LogP contribution in [-0.2, 0) is 17.6 Å². The highest BCUT2D eigenvalue weighted by molar-refractivity contribution is 5.68. The molecule has 0 unspecified atom stereocenters. The van der Waals surface area contributed by atoms with Gasteiger partial charge in [0.1, 0.15) is 5.60 Å². The highest BCUT2D eigenvalue weighted by Crippen LogP contribution is 2.38. The number of aryl methyl sites for hydroxylation is 2. The van der Waals surface area contributed by atoms with Crippen LogP contribution in [-0.4, -0.2) is 35.7 Å². The minimum atomic E-state index is -0.460. The predicted molar refractivity (Wildman–Crippen MR) is 116 cm³/mol. The smallest absolute Gasteiger partial charge is 0.407 e. The number of piperidine rings is 1. The average Bonchev–Trinajstić information content (AvgIpc) is 2.84. The second-order valence-electron chi connectivity index (χ2n) is 9.26. The maximum Gasteiger partial charge on any atom is 0.407 e. The summed E-state index contributed by atoms with van der Waals surface area (Å²) in [7, 11) is 0. The molecule has 4 nitrogen and oxygen atoms in total. The van der Waals surface area contributed by atoms with Gasteiger partial charge in [0.25, 0.3) is 0 Å². The first-order chi connectivity index (χ1) is 13.9. The van der Waals surface area contributed by atoms with Gasteiger partial charge >= 0.3 is 6.09 Å². The molecule has 0 spiro atoms. The summed E-state index contributed by atoms with van der Waals surface area (Å²) < 4.78 is 5.43. The van der Waals surface area contributed by atoms with Crippen molar-refractivity contribution in [1.29, 1.82) is 0 Å². The van der Waals surface area contributed by atoms with Crippen molar-refractivity contribution in [2.24, 2.45) is 0 Å². The van der Waals surface area contributed by atoms with Crippen LogP contribution in [0.4, 0.5) is 4.79 Å². The molecule has 0 aromatic heterocycles. The summed E-state index contributed by atoms with van der Waals surface area (Å²) in [6.45, 7) is 7.63. The summed E-state index contributed by atoms with van der Waals surface area (Å²) in [6, 6.07) is 18.3.